The van der Waals surface area contributed by atoms with E-state index in [2.05, 4.69) is 6.92 Å². The molecule has 0 radical (unpaired) electrons. The number of ether oxygens (including phenoxy) is 3. The van der Waals surface area contributed by atoms with Gasteiger partial charge in [-0.2, -0.15) is 0 Å². The number of nitrogens with zero attached hydrogens (tertiary/aromatic N) is 1. The number of hydrogen-bond donors (Lipinski definition) is 2. The highest BCUT2D eigenvalue weighted by molar-refractivity contribution is 5.99. The van der Waals surface area contributed by atoms with Gasteiger partial charge in [0, 0.05) is 31.9 Å². The Morgan fingerprint density at radius 3 is 2.14 bits per heavy atom. The van der Waals surface area contributed by atoms with Crippen LogP contribution in [0.3, 0.4) is 0 Å². The Balaban J connectivity index is 3.80. The number of esters is 1. The van der Waals surface area contributed by atoms with Crippen molar-refractivity contribution in [1.29, 1.82) is 0 Å². The van der Waals surface area contributed by atoms with Crippen LogP contribution in [0.4, 0.5) is 0 Å². The minimum Gasteiger partial charge on any atom is -0.459 e. The van der Waals surface area contributed by atoms with Crippen LogP contribution in [0.2, 0.25) is 0 Å². The van der Waals surface area contributed by atoms with Gasteiger partial charge in [-0.25, -0.2) is 5.01 Å². The molecule has 216 valence electrons. The number of Topliss-reactive ketones (excluding diaryl/α,β-unsaturated/α-hetero) is 2. The van der Waals surface area contributed by atoms with Gasteiger partial charge in [-0.3, -0.25) is 20.2 Å². The van der Waals surface area contributed by atoms with E-state index >= 15 is 0 Å². The fourth-order valence-electron chi connectivity index (χ4n) is 6.41. The zero-order valence-electron chi connectivity index (χ0n) is 24.7. The lowest BCUT2D eigenvalue weighted by molar-refractivity contribution is -0.215. The van der Waals surface area contributed by atoms with Gasteiger partial charge >= 0.3 is 5.97 Å². The average Bonchev–Trinajstić information content (AvgIpc) is 2.86. The number of cyclic esters (lactones) is 1. The maximum absolute atomic E-state index is 13.9. The van der Waals surface area contributed by atoms with E-state index in [9.17, 15) is 19.5 Å². The van der Waals surface area contributed by atoms with Crippen LogP contribution in [0, 0.1) is 29.6 Å². The summed E-state index contributed by atoms with van der Waals surface area (Å²) in [7, 11) is 3.27. The third kappa shape index (κ3) is 7.18. The number of hydrazine groups is 1. The molecular weight excluding hydrogens is 476 g/mol. The third-order valence-corrected chi connectivity index (χ3v) is 8.90. The molecule has 0 amide bonds. The summed E-state index contributed by atoms with van der Waals surface area (Å²) in [5.41, 5.74) is -2.06. The number of hydrogen-bond acceptors (Lipinski definition) is 9. The Labute approximate surface area is 223 Å². The van der Waals surface area contributed by atoms with Gasteiger partial charge in [0.1, 0.15) is 36.0 Å². The zero-order chi connectivity index (χ0) is 28.7. The number of likely N-dealkylation sites (N-methyl/N-ethyl adjacent to an activating group) is 1. The maximum atomic E-state index is 13.9. The van der Waals surface area contributed by atoms with Crippen molar-refractivity contribution < 1.29 is 33.7 Å². The second-order valence-electron chi connectivity index (χ2n) is 11.3. The summed E-state index contributed by atoms with van der Waals surface area (Å²) in [5, 5.41) is 11.2. The van der Waals surface area contributed by atoms with Crippen LogP contribution >= 0.6 is 0 Å². The standard InChI is InChI=1S/C28H52N2O7/c1-11-13-14-28(35-10)15-17(3)23(32)19(5)25(30(9)29)27(8,36-16-31)22(12-2)37-26(34)20(6)24(33)18(4)21(28)7/h17-22,25,31H,11-16,29H2,1-10H3/t17-,18-,19+,20-,21-,22-,25-,27-,28-/m1/s1. The van der Waals surface area contributed by atoms with Crippen LogP contribution < -0.4 is 5.84 Å². The first-order valence-corrected chi connectivity index (χ1v) is 13.7. The number of nitrogens with two attached hydrogens (primary N) is 1. The highest BCUT2D eigenvalue weighted by Crippen LogP contribution is 2.41. The molecule has 0 saturated carbocycles. The Morgan fingerprint density at radius 2 is 1.68 bits per heavy atom. The molecule has 1 fully saturated rings. The van der Waals surface area contributed by atoms with Gasteiger partial charge < -0.3 is 19.3 Å². The minimum absolute atomic E-state index is 0.0363. The molecule has 0 aromatic rings. The van der Waals surface area contributed by atoms with Crippen molar-refractivity contribution in [3.63, 3.8) is 0 Å². The van der Waals surface area contributed by atoms with Crippen LogP contribution in [0.1, 0.15) is 87.5 Å². The summed E-state index contributed by atoms with van der Waals surface area (Å²) in [6.45, 7) is 14.0. The predicted octanol–water partition coefficient (Wildman–Crippen LogP) is 3.51. The number of aliphatic hydroxyl groups is 1. The largest absolute Gasteiger partial charge is 0.459 e. The van der Waals surface area contributed by atoms with E-state index in [1.54, 1.807) is 34.9 Å². The van der Waals surface area contributed by atoms with Crippen LogP contribution in [0.25, 0.3) is 0 Å². The number of carbonyl (C=O) groups is 3. The quantitative estimate of drug-likeness (QED) is 0.160. The van der Waals surface area contributed by atoms with Gasteiger partial charge in [-0.05, 0) is 39.0 Å². The van der Waals surface area contributed by atoms with Crippen LogP contribution in [0.5, 0.6) is 0 Å². The molecule has 0 spiro atoms. The molecule has 9 atom stereocenters. The second-order valence-corrected chi connectivity index (χ2v) is 11.3. The fraction of sp³-hybridized carbons (Fsp3) is 0.893. The summed E-state index contributed by atoms with van der Waals surface area (Å²) in [6.07, 6.45) is 2.41. The molecule has 0 aromatic carbocycles. The van der Waals surface area contributed by atoms with E-state index in [-0.39, 0.29) is 17.5 Å². The first-order valence-electron chi connectivity index (χ1n) is 13.7. The highest BCUT2D eigenvalue weighted by atomic mass is 16.6. The first-order chi connectivity index (χ1) is 17.2. The Morgan fingerprint density at radius 1 is 1.08 bits per heavy atom. The molecule has 9 heteroatoms. The summed E-state index contributed by atoms with van der Waals surface area (Å²) >= 11 is 0. The number of ketones is 2. The molecule has 1 rings (SSSR count). The molecule has 0 aromatic heterocycles. The van der Waals surface area contributed by atoms with Crippen LogP contribution in [-0.4, -0.2) is 71.9 Å². The van der Waals surface area contributed by atoms with Crippen molar-refractivity contribution in [3.8, 4) is 0 Å². The first kappa shape index (κ1) is 33.6. The molecule has 0 aliphatic carbocycles. The van der Waals surface area contributed by atoms with Gasteiger partial charge in [0.25, 0.3) is 0 Å². The molecular formula is C28H52N2O7. The third-order valence-electron chi connectivity index (χ3n) is 8.90. The summed E-state index contributed by atoms with van der Waals surface area (Å²) in [6, 6.07) is -0.731. The molecule has 9 nitrogen and oxygen atoms in total. The van der Waals surface area contributed by atoms with Gasteiger partial charge in [0.05, 0.1) is 11.6 Å². The number of unbranched alkanes of at least 4 members (excludes halogenated alkanes) is 1. The highest BCUT2D eigenvalue weighted by Gasteiger charge is 2.52. The van der Waals surface area contributed by atoms with Crippen LogP contribution in [0.15, 0.2) is 0 Å². The van der Waals surface area contributed by atoms with Crippen molar-refractivity contribution in [2.75, 3.05) is 21.0 Å². The van der Waals surface area contributed by atoms with Crippen molar-refractivity contribution >= 4 is 17.5 Å². The van der Waals surface area contributed by atoms with Crippen molar-refractivity contribution in [3.05, 3.63) is 0 Å². The number of methoxy groups -OCH3 is 1. The lowest BCUT2D eigenvalue weighted by atomic mass is 9.68. The van der Waals surface area contributed by atoms with Crippen molar-refractivity contribution in [2.45, 2.75) is 111 Å². The lowest BCUT2D eigenvalue weighted by Crippen LogP contribution is -2.64. The van der Waals surface area contributed by atoms with Gasteiger partial charge in [0.15, 0.2) is 0 Å². The fourth-order valence-corrected chi connectivity index (χ4v) is 6.41. The summed E-state index contributed by atoms with van der Waals surface area (Å²) < 4.78 is 17.9. The van der Waals surface area contributed by atoms with Crippen molar-refractivity contribution in [2.24, 2.45) is 35.4 Å². The van der Waals surface area contributed by atoms with Crippen LogP contribution in [-0.2, 0) is 28.6 Å². The molecule has 1 saturated heterocycles. The SMILES string of the molecule is CCCC[C@@]1(OC)C[C@@H](C)C(=O)[C@H](C)[C@@H](N(C)N)[C@](C)(OCO)[C@@H](CC)OC(=O)[C@H](C)C(=O)[C@H](C)[C@H]1C. The maximum Gasteiger partial charge on any atom is 0.316 e. The number of carbonyl (C=O) groups excluding carboxylic acids is 3. The predicted molar refractivity (Wildman–Crippen MR) is 142 cm³/mol. The molecule has 1 heterocycles. The Hall–Kier alpha value is -1.39. The zero-order valence-corrected chi connectivity index (χ0v) is 24.7. The molecule has 37 heavy (non-hydrogen) atoms. The topological polar surface area (TPSA) is 128 Å². The van der Waals surface area contributed by atoms with E-state index in [0.717, 1.165) is 12.8 Å². The van der Waals surface area contributed by atoms with E-state index in [4.69, 9.17) is 20.1 Å². The number of aliphatic hydroxyl groups excluding tert-OH is 1. The number of rotatable bonds is 8. The summed E-state index contributed by atoms with van der Waals surface area (Å²) in [5.74, 6) is 2.61. The molecule has 0 bridgehead atoms. The minimum atomic E-state index is -1.33. The van der Waals surface area contributed by atoms with Gasteiger partial charge in [-0.1, -0.05) is 54.4 Å². The van der Waals surface area contributed by atoms with E-state index < -0.39 is 59.8 Å². The van der Waals surface area contributed by atoms with E-state index in [1.165, 1.54) is 5.01 Å². The average molecular weight is 529 g/mol. The lowest BCUT2D eigenvalue weighted by Gasteiger charge is -2.48. The monoisotopic (exact) mass is 528 g/mol. The van der Waals surface area contributed by atoms with E-state index in [1.807, 2.05) is 27.7 Å². The summed E-state index contributed by atoms with van der Waals surface area (Å²) in [4.78, 5) is 40.8. The molecule has 3 N–H and O–H groups in total. The van der Waals surface area contributed by atoms with Gasteiger partial charge in [0.2, 0.25) is 0 Å². The molecule has 1 aliphatic heterocycles. The smallest absolute Gasteiger partial charge is 0.316 e. The van der Waals surface area contributed by atoms with Crippen molar-refractivity contribution in [1.82, 2.24) is 5.01 Å². The van der Waals surface area contributed by atoms with E-state index in [0.29, 0.717) is 19.3 Å². The van der Waals surface area contributed by atoms with Gasteiger partial charge in [-0.15, -0.1) is 0 Å². The normalized spacial score (nSPS) is 38.9. The second kappa shape index (κ2) is 14.1. The Kier molecular flexibility index (Phi) is 12.8. The Bertz CT molecular complexity index is 776. The molecule has 1 aliphatic rings. The molecule has 0 unspecified atom stereocenters.